The number of aromatic hydroxyl groups is 1. The molecule has 9 heteroatoms. The Balaban J connectivity index is 1.38. The number of imide groups is 2. The standard InChI is InChI=1S/C38H28BrClN2O5/c39-22-14-17-31(43)29(18-22)33-26-15-16-27-32(36(46)41(34(27)44)24-11-5-2-6-12-24)28(26)20-30-35(45)42(25-13-7-10-23(40)19-25)37(47)38(30,33)21-8-3-1-4-9-21/h1-15,17-19,27-28,30,32-33,43H,16,20H2. The number of rotatable bonds is 4. The number of carbonyl (C=O) groups excluding carboxylic acids is 4. The van der Waals surface area contributed by atoms with Gasteiger partial charge < -0.3 is 5.11 Å². The molecule has 2 aliphatic heterocycles. The monoisotopic (exact) mass is 706 g/mol. The second kappa shape index (κ2) is 11.0. The number of halogens is 2. The van der Waals surface area contributed by atoms with Gasteiger partial charge in [-0.1, -0.05) is 93.8 Å². The summed E-state index contributed by atoms with van der Waals surface area (Å²) in [6, 6.07) is 29.9. The van der Waals surface area contributed by atoms with Crippen LogP contribution in [0.4, 0.5) is 11.4 Å². The molecule has 6 unspecified atom stereocenters. The molecule has 3 fully saturated rings. The second-order valence-corrected chi connectivity index (χ2v) is 14.0. The minimum absolute atomic E-state index is 0.0304. The van der Waals surface area contributed by atoms with Crippen molar-refractivity contribution < 1.29 is 24.3 Å². The zero-order chi connectivity index (χ0) is 32.6. The number of hydrogen-bond acceptors (Lipinski definition) is 5. The van der Waals surface area contributed by atoms with E-state index in [9.17, 15) is 19.5 Å². The molecule has 0 bridgehead atoms. The number of fused-ring (bicyclic) bond motifs is 4. The maximum atomic E-state index is 15.2. The van der Waals surface area contributed by atoms with Gasteiger partial charge in [-0.2, -0.15) is 0 Å². The van der Waals surface area contributed by atoms with Crippen LogP contribution in [0, 0.1) is 23.7 Å². The maximum absolute atomic E-state index is 15.2. The second-order valence-electron chi connectivity index (χ2n) is 12.6. The van der Waals surface area contributed by atoms with Crippen LogP contribution >= 0.6 is 27.5 Å². The molecular formula is C38H28BrClN2O5. The molecular weight excluding hydrogens is 680 g/mol. The molecule has 0 aromatic heterocycles. The Morgan fingerprint density at radius 1 is 0.745 bits per heavy atom. The van der Waals surface area contributed by atoms with Crippen LogP contribution in [0.2, 0.25) is 5.02 Å². The number of carbonyl (C=O) groups is 4. The van der Waals surface area contributed by atoms with Crippen LogP contribution in [0.5, 0.6) is 5.75 Å². The third-order valence-corrected chi connectivity index (χ3v) is 11.2. The first-order valence-electron chi connectivity index (χ1n) is 15.5. The van der Waals surface area contributed by atoms with E-state index in [2.05, 4.69) is 15.9 Å². The molecule has 2 saturated heterocycles. The summed E-state index contributed by atoms with van der Waals surface area (Å²) >= 11 is 9.93. The molecule has 4 aromatic rings. The number of anilines is 2. The average Bonchev–Trinajstić information content (AvgIpc) is 3.47. The van der Waals surface area contributed by atoms with Gasteiger partial charge in [0.1, 0.15) is 5.75 Å². The van der Waals surface area contributed by atoms with Gasteiger partial charge in [-0.15, -0.1) is 0 Å². The minimum atomic E-state index is -1.46. The molecule has 0 spiro atoms. The van der Waals surface area contributed by atoms with E-state index in [1.807, 2.05) is 42.5 Å². The summed E-state index contributed by atoms with van der Waals surface area (Å²) in [5, 5.41) is 11.9. The van der Waals surface area contributed by atoms with Crippen LogP contribution in [0.15, 0.2) is 119 Å². The lowest BCUT2D eigenvalue weighted by Gasteiger charge is -2.50. The van der Waals surface area contributed by atoms with Gasteiger partial charge in [-0.25, -0.2) is 4.90 Å². The molecule has 4 amide bonds. The summed E-state index contributed by atoms with van der Waals surface area (Å²) in [5.41, 5.74) is 1.29. The molecule has 1 saturated carbocycles. The number of para-hydroxylation sites is 1. The Labute approximate surface area is 284 Å². The van der Waals surface area contributed by atoms with Gasteiger partial charge in [0.2, 0.25) is 23.6 Å². The van der Waals surface area contributed by atoms with Gasteiger partial charge in [0.15, 0.2) is 0 Å². The zero-order valence-electron chi connectivity index (χ0n) is 24.9. The first-order valence-corrected chi connectivity index (χ1v) is 16.7. The molecule has 4 aromatic carbocycles. The van der Waals surface area contributed by atoms with Gasteiger partial charge in [0, 0.05) is 21.0 Å². The third kappa shape index (κ3) is 4.24. The van der Waals surface area contributed by atoms with E-state index < -0.39 is 46.8 Å². The number of phenols is 1. The highest BCUT2D eigenvalue weighted by Gasteiger charge is 2.70. The molecule has 0 radical (unpaired) electrons. The summed E-state index contributed by atoms with van der Waals surface area (Å²) in [7, 11) is 0. The Kier molecular flexibility index (Phi) is 7.00. The largest absolute Gasteiger partial charge is 0.508 e. The summed E-state index contributed by atoms with van der Waals surface area (Å²) in [6.07, 6.45) is 2.46. The van der Waals surface area contributed by atoms with Crippen LogP contribution < -0.4 is 9.80 Å². The Bertz CT molecular complexity index is 2020. The topological polar surface area (TPSA) is 95.0 Å². The van der Waals surface area contributed by atoms with Crippen LogP contribution in [0.1, 0.15) is 29.9 Å². The maximum Gasteiger partial charge on any atom is 0.246 e. The van der Waals surface area contributed by atoms with Gasteiger partial charge in [-0.3, -0.25) is 24.1 Å². The van der Waals surface area contributed by atoms with Crippen molar-refractivity contribution in [3.8, 4) is 5.75 Å². The van der Waals surface area contributed by atoms with Crippen LogP contribution in [-0.4, -0.2) is 28.7 Å². The first kappa shape index (κ1) is 29.8. The molecule has 47 heavy (non-hydrogen) atoms. The van der Waals surface area contributed by atoms with Crippen molar-refractivity contribution in [2.75, 3.05) is 9.80 Å². The fourth-order valence-corrected chi connectivity index (χ4v) is 9.24. The van der Waals surface area contributed by atoms with E-state index in [1.165, 1.54) is 9.80 Å². The van der Waals surface area contributed by atoms with Gasteiger partial charge in [0.05, 0.1) is 34.5 Å². The molecule has 1 N–H and O–H groups in total. The van der Waals surface area contributed by atoms with Gasteiger partial charge in [-0.05, 0) is 72.9 Å². The van der Waals surface area contributed by atoms with Crippen molar-refractivity contribution in [1.82, 2.24) is 0 Å². The lowest BCUT2D eigenvalue weighted by atomic mass is 9.49. The highest BCUT2D eigenvalue weighted by molar-refractivity contribution is 9.10. The average molecular weight is 708 g/mol. The number of allylic oxidation sites excluding steroid dienone is 2. The Morgan fingerprint density at radius 3 is 2.17 bits per heavy atom. The van der Waals surface area contributed by atoms with Crippen molar-refractivity contribution >= 4 is 62.5 Å². The lowest BCUT2D eigenvalue weighted by Crippen LogP contribution is -2.53. The van der Waals surface area contributed by atoms with Crippen LogP contribution in [-0.2, 0) is 24.6 Å². The predicted octanol–water partition coefficient (Wildman–Crippen LogP) is 7.18. The van der Waals surface area contributed by atoms with E-state index in [4.69, 9.17) is 11.6 Å². The Hall–Kier alpha value is -4.53. The van der Waals surface area contributed by atoms with Crippen molar-refractivity contribution in [1.29, 1.82) is 0 Å². The number of benzene rings is 4. The number of phenolic OH excluding ortho intramolecular Hbond substituents is 1. The van der Waals surface area contributed by atoms with Crippen LogP contribution in [0.25, 0.3) is 0 Å². The smallest absolute Gasteiger partial charge is 0.246 e. The number of amides is 4. The van der Waals surface area contributed by atoms with E-state index in [0.717, 1.165) is 5.57 Å². The number of nitrogens with zero attached hydrogens (tertiary/aromatic N) is 2. The minimum Gasteiger partial charge on any atom is -0.508 e. The summed E-state index contributed by atoms with van der Waals surface area (Å²) in [4.78, 5) is 60.7. The van der Waals surface area contributed by atoms with E-state index in [-0.39, 0.29) is 24.0 Å². The summed E-state index contributed by atoms with van der Waals surface area (Å²) < 4.78 is 0.687. The quantitative estimate of drug-likeness (QED) is 0.179. The first-order chi connectivity index (χ1) is 22.7. The SMILES string of the molecule is O=C1C2CC=C3C(CC4C(=O)N(c5cccc(Cl)c5)C(=O)C4(c4ccccc4)C3c3cc(Br)ccc3O)C2C(=O)N1c1ccccc1. The summed E-state index contributed by atoms with van der Waals surface area (Å²) in [6.45, 7) is 0. The highest BCUT2D eigenvalue weighted by Crippen LogP contribution is 2.65. The normalized spacial score (nSPS) is 28.2. The molecule has 8 rings (SSSR count). The van der Waals surface area contributed by atoms with E-state index in [1.54, 1.807) is 66.7 Å². The van der Waals surface area contributed by atoms with Crippen molar-refractivity contribution in [2.45, 2.75) is 24.2 Å². The molecule has 7 nitrogen and oxygen atoms in total. The molecule has 6 atom stereocenters. The van der Waals surface area contributed by atoms with Crippen molar-refractivity contribution in [3.63, 3.8) is 0 Å². The molecule has 4 aliphatic rings. The molecule has 2 aliphatic carbocycles. The Morgan fingerprint density at radius 2 is 1.45 bits per heavy atom. The predicted molar refractivity (Wildman–Crippen MR) is 181 cm³/mol. The fourth-order valence-electron chi connectivity index (χ4n) is 8.68. The van der Waals surface area contributed by atoms with Gasteiger partial charge in [0.25, 0.3) is 0 Å². The molecule has 2 heterocycles. The fraction of sp³-hybridized carbons (Fsp3) is 0.211. The highest BCUT2D eigenvalue weighted by atomic mass is 79.9. The van der Waals surface area contributed by atoms with Gasteiger partial charge >= 0.3 is 0 Å². The molecule has 234 valence electrons. The lowest BCUT2D eigenvalue weighted by molar-refractivity contribution is -0.127. The summed E-state index contributed by atoms with van der Waals surface area (Å²) in [5.74, 6) is -5.02. The van der Waals surface area contributed by atoms with E-state index >= 15 is 4.79 Å². The van der Waals surface area contributed by atoms with Crippen molar-refractivity contribution in [2.24, 2.45) is 23.7 Å². The van der Waals surface area contributed by atoms with E-state index in [0.29, 0.717) is 38.4 Å². The third-order valence-electron chi connectivity index (χ3n) is 10.5. The number of hydrogen-bond donors (Lipinski definition) is 1. The zero-order valence-corrected chi connectivity index (χ0v) is 27.3. The van der Waals surface area contributed by atoms with Crippen molar-refractivity contribution in [3.05, 3.63) is 135 Å². The van der Waals surface area contributed by atoms with Crippen LogP contribution in [0.3, 0.4) is 0 Å².